The maximum Gasteiger partial charge on any atom is 0.129 e. The molecule has 0 fully saturated rings. The van der Waals surface area contributed by atoms with Crippen molar-refractivity contribution in [2.75, 3.05) is 26.9 Å². The van der Waals surface area contributed by atoms with Gasteiger partial charge in [0.25, 0.3) is 0 Å². The van der Waals surface area contributed by atoms with Gasteiger partial charge in [-0.2, -0.15) is 0 Å². The Bertz CT molecular complexity index is 548. The van der Waals surface area contributed by atoms with E-state index in [1.807, 2.05) is 26.0 Å². The number of hydrogen-bond donors (Lipinski definition) is 0. The van der Waals surface area contributed by atoms with Gasteiger partial charge in [-0.25, -0.2) is 0 Å². The van der Waals surface area contributed by atoms with Gasteiger partial charge in [-0.15, -0.1) is 0 Å². The summed E-state index contributed by atoms with van der Waals surface area (Å²) in [4.78, 5) is 0. The first kappa shape index (κ1) is 15.9. The molecule has 2 rings (SSSR count). The molecule has 0 spiro atoms. The zero-order valence-corrected chi connectivity index (χ0v) is 13.2. The third-order valence-electron chi connectivity index (χ3n) is 3.26. The quantitative estimate of drug-likeness (QED) is 0.663. The highest BCUT2D eigenvalue weighted by molar-refractivity contribution is 5.86. The molecule has 4 heteroatoms. The summed E-state index contributed by atoms with van der Waals surface area (Å²) in [6.07, 6.45) is 3.29. The van der Waals surface area contributed by atoms with E-state index in [0.717, 1.165) is 25.3 Å². The van der Waals surface area contributed by atoms with E-state index < -0.39 is 0 Å². The minimum absolute atomic E-state index is 0.188. The van der Waals surface area contributed by atoms with Crippen molar-refractivity contribution in [3.8, 4) is 5.75 Å². The number of methoxy groups -OCH3 is 1. The fourth-order valence-corrected chi connectivity index (χ4v) is 2.33. The Morgan fingerprint density at radius 1 is 1.10 bits per heavy atom. The van der Waals surface area contributed by atoms with Crippen LogP contribution < -0.4 is 4.74 Å². The molecule has 21 heavy (non-hydrogen) atoms. The third kappa shape index (κ3) is 4.48. The predicted octanol–water partition coefficient (Wildman–Crippen LogP) is 3.48. The second-order valence-corrected chi connectivity index (χ2v) is 5.32. The van der Waals surface area contributed by atoms with Gasteiger partial charge in [0.05, 0.1) is 24.8 Å². The molecule has 0 aliphatic carbocycles. The van der Waals surface area contributed by atoms with Crippen LogP contribution in [-0.4, -0.2) is 37.6 Å². The number of aromatic nitrogens is 1. The first-order valence-corrected chi connectivity index (χ1v) is 7.53. The summed E-state index contributed by atoms with van der Waals surface area (Å²) >= 11 is 0. The molecule has 0 saturated carbocycles. The molecule has 0 N–H and O–H groups in total. The minimum atomic E-state index is 0.188. The summed E-state index contributed by atoms with van der Waals surface area (Å²) in [5, 5.41) is 1.17. The molecule has 116 valence electrons. The maximum atomic E-state index is 5.86. The van der Waals surface area contributed by atoms with Crippen LogP contribution in [0.5, 0.6) is 5.75 Å². The summed E-state index contributed by atoms with van der Waals surface area (Å²) in [6, 6.07) is 8.33. The highest BCUT2D eigenvalue weighted by Crippen LogP contribution is 2.27. The van der Waals surface area contributed by atoms with E-state index in [1.165, 1.54) is 10.9 Å². The zero-order valence-electron chi connectivity index (χ0n) is 13.2. The van der Waals surface area contributed by atoms with Crippen molar-refractivity contribution >= 4 is 10.9 Å². The van der Waals surface area contributed by atoms with Crippen LogP contribution in [-0.2, 0) is 16.0 Å². The second kappa shape index (κ2) is 8.05. The number of benzene rings is 1. The highest BCUT2D eigenvalue weighted by atomic mass is 16.5. The van der Waals surface area contributed by atoms with Crippen molar-refractivity contribution in [3.63, 3.8) is 0 Å². The summed E-state index contributed by atoms with van der Waals surface area (Å²) in [5.41, 5.74) is 1.21. The van der Waals surface area contributed by atoms with Crippen molar-refractivity contribution in [1.29, 1.82) is 0 Å². The van der Waals surface area contributed by atoms with Crippen molar-refractivity contribution in [2.45, 2.75) is 32.9 Å². The summed E-state index contributed by atoms with van der Waals surface area (Å²) in [7, 11) is 1.69. The maximum absolute atomic E-state index is 5.86. The Hall–Kier alpha value is -1.52. The van der Waals surface area contributed by atoms with Crippen molar-refractivity contribution in [3.05, 3.63) is 30.5 Å². The number of hydrogen-bond acceptors (Lipinski definition) is 3. The molecule has 0 bridgehead atoms. The molecule has 1 aromatic carbocycles. The summed E-state index contributed by atoms with van der Waals surface area (Å²) in [5.74, 6) is 0.956. The van der Waals surface area contributed by atoms with Crippen molar-refractivity contribution in [2.24, 2.45) is 0 Å². The smallest absolute Gasteiger partial charge is 0.129 e. The van der Waals surface area contributed by atoms with Crippen LogP contribution in [0.2, 0.25) is 0 Å². The van der Waals surface area contributed by atoms with Gasteiger partial charge in [-0.05, 0) is 38.5 Å². The average Bonchev–Trinajstić information content (AvgIpc) is 2.87. The highest BCUT2D eigenvalue weighted by Gasteiger charge is 2.07. The van der Waals surface area contributed by atoms with E-state index in [9.17, 15) is 0 Å². The topological polar surface area (TPSA) is 32.6 Å². The molecule has 0 atom stereocenters. The number of fused-ring (bicyclic) bond motifs is 1. The minimum Gasteiger partial charge on any atom is -0.490 e. The molecule has 0 amide bonds. The Kier molecular flexibility index (Phi) is 6.08. The molecule has 1 heterocycles. The fraction of sp³-hybridized carbons (Fsp3) is 0.529. The van der Waals surface area contributed by atoms with Crippen LogP contribution in [0, 0.1) is 0 Å². The summed E-state index contributed by atoms with van der Waals surface area (Å²) < 4.78 is 18.6. The Labute approximate surface area is 126 Å². The van der Waals surface area contributed by atoms with Gasteiger partial charge in [-0.1, -0.05) is 6.07 Å². The Balaban J connectivity index is 1.95. The lowest BCUT2D eigenvalue weighted by molar-refractivity contribution is 0.0681. The summed E-state index contributed by atoms with van der Waals surface area (Å²) in [6.45, 7) is 7.12. The molecule has 2 aromatic rings. The molecule has 0 unspecified atom stereocenters. The zero-order chi connectivity index (χ0) is 15.1. The molecule has 4 nitrogen and oxygen atoms in total. The number of nitrogens with zero attached hydrogens (tertiary/aromatic N) is 1. The Morgan fingerprint density at radius 2 is 1.95 bits per heavy atom. The molecular weight excluding hydrogens is 266 g/mol. The second-order valence-electron chi connectivity index (χ2n) is 5.32. The molecule has 0 radical (unpaired) electrons. The molecule has 1 aromatic heterocycles. The SMILES string of the molecule is COCCOCCCn1ccc2c(OC(C)C)cccc21. The number of aryl methyl sites for hydroxylation is 1. The van der Waals surface area contributed by atoms with Gasteiger partial charge in [0.15, 0.2) is 0 Å². The van der Waals surface area contributed by atoms with Crippen molar-refractivity contribution < 1.29 is 14.2 Å². The normalized spacial score (nSPS) is 11.4. The standard InChI is InChI=1S/C17H25NO3/c1-14(2)21-17-7-4-6-16-15(17)8-10-18(16)9-5-11-20-13-12-19-3/h4,6-8,10,14H,5,9,11-13H2,1-3H3. The van der Waals surface area contributed by atoms with E-state index >= 15 is 0 Å². The van der Waals surface area contributed by atoms with Gasteiger partial charge in [0.2, 0.25) is 0 Å². The van der Waals surface area contributed by atoms with Gasteiger partial charge in [0.1, 0.15) is 5.75 Å². The van der Waals surface area contributed by atoms with E-state index in [2.05, 4.69) is 22.9 Å². The van der Waals surface area contributed by atoms with Crippen LogP contribution in [0.15, 0.2) is 30.5 Å². The first-order valence-electron chi connectivity index (χ1n) is 7.53. The van der Waals surface area contributed by atoms with Gasteiger partial charge in [0, 0.05) is 31.8 Å². The van der Waals surface area contributed by atoms with Gasteiger partial charge >= 0.3 is 0 Å². The lowest BCUT2D eigenvalue weighted by Gasteiger charge is -2.11. The third-order valence-corrected chi connectivity index (χ3v) is 3.26. The number of ether oxygens (including phenoxy) is 3. The van der Waals surface area contributed by atoms with Crippen LogP contribution in [0.4, 0.5) is 0 Å². The Morgan fingerprint density at radius 3 is 2.71 bits per heavy atom. The van der Waals surface area contributed by atoms with Crippen molar-refractivity contribution in [1.82, 2.24) is 4.57 Å². The van der Waals surface area contributed by atoms with Crippen LogP contribution in [0.25, 0.3) is 10.9 Å². The molecular formula is C17H25NO3. The van der Waals surface area contributed by atoms with E-state index in [0.29, 0.717) is 13.2 Å². The molecule has 0 aliphatic rings. The fourth-order valence-electron chi connectivity index (χ4n) is 2.33. The molecule has 0 saturated heterocycles. The molecule has 0 aliphatic heterocycles. The lowest BCUT2D eigenvalue weighted by Crippen LogP contribution is -2.06. The van der Waals surface area contributed by atoms with Gasteiger partial charge < -0.3 is 18.8 Å². The van der Waals surface area contributed by atoms with Crippen LogP contribution >= 0.6 is 0 Å². The first-order chi connectivity index (χ1) is 10.2. The van der Waals surface area contributed by atoms with E-state index in [1.54, 1.807) is 7.11 Å². The predicted molar refractivity (Wildman–Crippen MR) is 85.0 cm³/mol. The van der Waals surface area contributed by atoms with E-state index in [-0.39, 0.29) is 6.10 Å². The largest absolute Gasteiger partial charge is 0.490 e. The number of rotatable bonds is 9. The van der Waals surface area contributed by atoms with Crippen LogP contribution in [0.3, 0.4) is 0 Å². The van der Waals surface area contributed by atoms with Gasteiger partial charge in [-0.3, -0.25) is 0 Å². The average molecular weight is 291 g/mol. The monoisotopic (exact) mass is 291 g/mol. The van der Waals surface area contributed by atoms with Crippen LogP contribution in [0.1, 0.15) is 20.3 Å². The lowest BCUT2D eigenvalue weighted by atomic mass is 10.2. The van der Waals surface area contributed by atoms with E-state index in [4.69, 9.17) is 14.2 Å².